The molecule has 8 atom stereocenters. The third kappa shape index (κ3) is 2.90. The van der Waals surface area contributed by atoms with Crippen LogP contribution < -0.4 is 4.74 Å². The van der Waals surface area contributed by atoms with Gasteiger partial charge in [-0.1, -0.05) is 20.8 Å². The lowest BCUT2D eigenvalue weighted by molar-refractivity contribution is -0.164. The molecule has 3 saturated carbocycles. The van der Waals surface area contributed by atoms with Gasteiger partial charge in [0.1, 0.15) is 6.10 Å². The third-order valence-corrected chi connectivity index (χ3v) is 9.47. The first kappa shape index (κ1) is 19.3. The van der Waals surface area contributed by atoms with Gasteiger partial charge in [0.15, 0.2) is 0 Å². The van der Waals surface area contributed by atoms with Gasteiger partial charge >= 0.3 is 6.01 Å². The van der Waals surface area contributed by atoms with Gasteiger partial charge in [-0.3, -0.25) is 4.79 Å². The first-order valence-corrected chi connectivity index (χ1v) is 11.5. The summed E-state index contributed by atoms with van der Waals surface area (Å²) in [7, 11) is 2.05. The van der Waals surface area contributed by atoms with E-state index in [4.69, 9.17) is 4.74 Å². The summed E-state index contributed by atoms with van der Waals surface area (Å²) in [5.41, 5.74) is 0.622. The van der Waals surface area contributed by atoms with Crippen molar-refractivity contribution in [3.8, 4) is 6.01 Å². The van der Waals surface area contributed by atoms with Crippen molar-refractivity contribution >= 4 is 5.91 Å². The molecule has 1 amide bonds. The zero-order chi connectivity index (χ0) is 20.4. The molecular formula is C24H35N3O2. The van der Waals surface area contributed by atoms with Crippen LogP contribution >= 0.6 is 0 Å². The van der Waals surface area contributed by atoms with Crippen LogP contribution in [0.5, 0.6) is 6.01 Å². The maximum absolute atomic E-state index is 12.4. The molecule has 1 unspecified atom stereocenters. The quantitative estimate of drug-likeness (QED) is 0.745. The highest BCUT2D eigenvalue weighted by Crippen LogP contribution is 2.66. The Kier molecular flexibility index (Phi) is 4.45. The van der Waals surface area contributed by atoms with Gasteiger partial charge in [0.05, 0.1) is 0 Å². The Labute approximate surface area is 174 Å². The fourth-order valence-electron chi connectivity index (χ4n) is 8.04. The number of rotatable bonds is 2. The van der Waals surface area contributed by atoms with E-state index < -0.39 is 0 Å². The number of likely N-dealkylation sites (tertiary alicyclic amines) is 1. The van der Waals surface area contributed by atoms with E-state index in [1.165, 1.54) is 12.8 Å². The van der Waals surface area contributed by atoms with Gasteiger partial charge in [-0.05, 0) is 79.1 Å². The highest BCUT2D eigenvalue weighted by molar-refractivity contribution is 5.77. The van der Waals surface area contributed by atoms with E-state index in [-0.39, 0.29) is 11.5 Å². The molecule has 0 bridgehead atoms. The van der Waals surface area contributed by atoms with Gasteiger partial charge in [-0.25, -0.2) is 9.97 Å². The van der Waals surface area contributed by atoms with Crippen LogP contribution in [0.2, 0.25) is 0 Å². The highest BCUT2D eigenvalue weighted by atomic mass is 16.5. The van der Waals surface area contributed by atoms with Gasteiger partial charge in [0.25, 0.3) is 0 Å². The van der Waals surface area contributed by atoms with Crippen molar-refractivity contribution in [1.82, 2.24) is 14.9 Å². The number of piperidine rings is 1. The maximum Gasteiger partial charge on any atom is 0.316 e. The molecule has 1 saturated heterocycles. The van der Waals surface area contributed by atoms with Crippen molar-refractivity contribution in [3.05, 3.63) is 18.5 Å². The van der Waals surface area contributed by atoms with Crippen molar-refractivity contribution < 1.29 is 9.53 Å². The number of amides is 1. The lowest BCUT2D eigenvalue weighted by Gasteiger charge is -2.63. The maximum atomic E-state index is 12.4. The molecule has 1 aromatic rings. The number of carbonyl (C=O) groups is 1. The molecule has 4 aliphatic rings. The van der Waals surface area contributed by atoms with E-state index in [0.717, 1.165) is 43.9 Å². The molecule has 0 radical (unpaired) electrons. The smallest absolute Gasteiger partial charge is 0.316 e. The summed E-state index contributed by atoms with van der Waals surface area (Å²) in [4.78, 5) is 23.1. The molecule has 5 nitrogen and oxygen atoms in total. The van der Waals surface area contributed by atoms with Crippen LogP contribution in [0.4, 0.5) is 0 Å². The standard InChI is InChI=1S/C24H35N3O2/c1-15-12-19-24(3,9-7-20(28)27(19)4)17-6-8-23(2)14-16(13-18(23)21(15)17)29-22-25-10-5-11-26-22/h5,10-11,15-19,21H,6-9,12-14H2,1-4H3/t15-,16-,17-,18-,19+,21?,23+,24+/m0/s1. The summed E-state index contributed by atoms with van der Waals surface area (Å²) in [6.45, 7) is 7.44. The monoisotopic (exact) mass is 397 g/mol. The molecule has 2 heterocycles. The fourth-order valence-corrected chi connectivity index (χ4v) is 8.04. The Morgan fingerprint density at radius 3 is 2.66 bits per heavy atom. The molecular weight excluding hydrogens is 362 g/mol. The van der Waals surface area contributed by atoms with Gasteiger partial charge in [0.2, 0.25) is 5.91 Å². The number of ether oxygens (including phenoxy) is 1. The number of aromatic nitrogens is 2. The summed E-state index contributed by atoms with van der Waals surface area (Å²) >= 11 is 0. The first-order chi connectivity index (χ1) is 13.8. The molecule has 1 aliphatic heterocycles. The Balaban J connectivity index is 1.41. The van der Waals surface area contributed by atoms with E-state index in [1.54, 1.807) is 12.4 Å². The Morgan fingerprint density at radius 2 is 1.90 bits per heavy atom. The van der Waals surface area contributed by atoms with E-state index in [2.05, 4.69) is 35.6 Å². The molecule has 158 valence electrons. The summed E-state index contributed by atoms with van der Waals surface area (Å²) < 4.78 is 6.24. The number of nitrogens with zero attached hydrogens (tertiary/aromatic N) is 3. The van der Waals surface area contributed by atoms with Crippen molar-refractivity contribution in [1.29, 1.82) is 0 Å². The second kappa shape index (κ2) is 6.68. The summed E-state index contributed by atoms with van der Waals surface area (Å²) in [6.07, 6.45) is 11.5. The van der Waals surface area contributed by atoms with Crippen LogP contribution in [0.25, 0.3) is 0 Å². The molecule has 1 aromatic heterocycles. The number of fused-ring (bicyclic) bond motifs is 5. The second-order valence-electron chi connectivity index (χ2n) is 10.9. The lowest BCUT2D eigenvalue weighted by atomic mass is 9.45. The minimum absolute atomic E-state index is 0.222. The van der Waals surface area contributed by atoms with Gasteiger partial charge in [-0.15, -0.1) is 0 Å². The van der Waals surface area contributed by atoms with Gasteiger partial charge < -0.3 is 9.64 Å². The van der Waals surface area contributed by atoms with Crippen molar-refractivity contribution in [2.24, 2.45) is 34.5 Å². The molecule has 29 heavy (non-hydrogen) atoms. The number of carbonyl (C=O) groups excluding carboxylic acids is 1. The summed E-state index contributed by atoms with van der Waals surface area (Å²) in [5, 5.41) is 0. The van der Waals surface area contributed by atoms with Gasteiger partial charge in [-0.2, -0.15) is 0 Å². The normalized spacial score (nSPS) is 46.6. The van der Waals surface area contributed by atoms with Crippen LogP contribution in [0.1, 0.15) is 65.7 Å². The highest BCUT2D eigenvalue weighted by Gasteiger charge is 2.62. The van der Waals surface area contributed by atoms with E-state index >= 15 is 0 Å². The molecule has 0 spiro atoms. The van der Waals surface area contributed by atoms with E-state index in [1.807, 2.05) is 13.1 Å². The summed E-state index contributed by atoms with van der Waals surface area (Å²) in [6, 6.07) is 2.77. The molecule has 0 aromatic carbocycles. The first-order valence-electron chi connectivity index (χ1n) is 11.5. The minimum Gasteiger partial charge on any atom is -0.460 e. The molecule has 5 heteroatoms. The van der Waals surface area contributed by atoms with Crippen LogP contribution in [0, 0.1) is 34.5 Å². The summed E-state index contributed by atoms with van der Waals surface area (Å²) in [5.74, 6) is 3.16. The Hall–Kier alpha value is -1.65. The molecule has 3 aliphatic carbocycles. The van der Waals surface area contributed by atoms with Crippen LogP contribution in [0.15, 0.2) is 18.5 Å². The average Bonchev–Trinajstić information content (AvgIpc) is 3.03. The number of hydrogen-bond acceptors (Lipinski definition) is 4. The fraction of sp³-hybridized carbons (Fsp3) is 0.792. The zero-order valence-electron chi connectivity index (χ0n) is 18.3. The SMILES string of the molecule is C[C@H]1C[C@H]2N(C)C(=O)CC[C@]2(C)[C@H]2CC[C@]3(C)C[C@@H](Oc4ncccn4)C[C@H]3C12. The van der Waals surface area contributed by atoms with Crippen molar-refractivity contribution in [3.63, 3.8) is 0 Å². The number of hydrogen-bond donors (Lipinski definition) is 0. The van der Waals surface area contributed by atoms with E-state index in [0.29, 0.717) is 35.2 Å². The van der Waals surface area contributed by atoms with E-state index in [9.17, 15) is 4.79 Å². The van der Waals surface area contributed by atoms with Crippen LogP contribution in [-0.4, -0.2) is 40.0 Å². The minimum atomic E-state index is 0.222. The topological polar surface area (TPSA) is 55.3 Å². The lowest BCUT2D eigenvalue weighted by Crippen LogP contribution is -2.62. The molecule has 5 rings (SSSR count). The van der Waals surface area contributed by atoms with Crippen molar-refractivity contribution in [2.45, 2.75) is 77.9 Å². The average molecular weight is 398 g/mol. The van der Waals surface area contributed by atoms with Crippen LogP contribution in [0.3, 0.4) is 0 Å². The molecule has 4 fully saturated rings. The Morgan fingerprint density at radius 1 is 1.14 bits per heavy atom. The predicted octanol–water partition coefficient (Wildman–Crippen LogP) is 4.33. The largest absolute Gasteiger partial charge is 0.460 e. The molecule has 0 N–H and O–H groups in total. The Bertz CT molecular complexity index is 786. The zero-order valence-corrected chi connectivity index (χ0v) is 18.3. The van der Waals surface area contributed by atoms with Crippen molar-refractivity contribution in [2.75, 3.05) is 7.05 Å². The third-order valence-electron chi connectivity index (χ3n) is 9.47. The second-order valence-corrected chi connectivity index (χ2v) is 10.9. The van der Waals surface area contributed by atoms with Crippen LogP contribution in [-0.2, 0) is 4.79 Å². The van der Waals surface area contributed by atoms with Gasteiger partial charge in [0, 0.05) is 31.9 Å². The predicted molar refractivity (Wildman–Crippen MR) is 111 cm³/mol.